The number of hydrogen-bond acceptors (Lipinski definition) is 8. The summed E-state index contributed by atoms with van der Waals surface area (Å²) in [6.07, 6.45) is 2.95. The smallest absolute Gasteiger partial charge is 0.242 e. The number of hydrogen-bond donors (Lipinski definition) is 2. The molecule has 3 fully saturated rings. The molecule has 274 valence electrons. The number of aromatic nitrogens is 2. The van der Waals surface area contributed by atoms with Gasteiger partial charge >= 0.3 is 0 Å². The molecule has 2 aliphatic heterocycles. The van der Waals surface area contributed by atoms with Crippen LogP contribution in [-0.2, 0) is 32.6 Å². The lowest BCUT2D eigenvalue weighted by Gasteiger charge is -2.49. The Hall–Kier alpha value is -5.26. The minimum Gasteiger partial charge on any atom is -0.508 e. The molecule has 12 heteroatoms. The van der Waals surface area contributed by atoms with E-state index in [1.54, 1.807) is 84.6 Å². The number of aryl methyl sites for hydroxylation is 2. The van der Waals surface area contributed by atoms with Crippen LogP contribution in [0.15, 0.2) is 84.4 Å². The zero-order chi connectivity index (χ0) is 37.8. The summed E-state index contributed by atoms with van der Waals surface area (Å²) in [6.45, 7) is 4.01. The second-order valence-electron chi connectivity index (χ2n) is 15.2. The summed E-state index contributed by atoms with van der Waals surface area (Å²) in [5.41, 5.74) is 2.53. The van der Waals surface area contributed by atoms with Crippen molar-refractivity contribution in [2.45, 2.75) is 39.0 Å². The number of thiophene rings is 1. The normalized spacial score (nSPS) is 26.4. The van der Waals surface area contributed by atoms with Crippen LogP contribution in [0.1, 0.15) is 42.4 Å². The van der Waals surface area contributed by atoms with Crippen LogP contribution in [0.25, 0.3) is 20.7 Å². The molecule has 9 rings (SSSR count). The molecular weight excluding hydrogens is 724 g/mol. The minimum atomic E-state index is -1.30. The van der Waals surface area contributed by atoms with Crippen molar-refractivity contribution < 1.29 is 29.4 Å². The van der Waals surface area contributed by atoms with Crippen molar-refractivity contribution in [3.63, 3.8) is 0 Å². The maximum absolute atomic E-state index is 15.0. The first kappa shape index (κ1) is 34.5. The van der Waals surface area contributed by atoms with Crippen LogP contribution in [0.5, 0.6) is 11.5 Å². The highest BCUT2D eigenvalue weighted by Crippen LogP contribution is 2.64. The maximum atomic E-state index is 15.0. The Labute approximate surface area is 320 Å². The Morgan fingerprint density at radius 1 is 0.944 bits per heavy atom. The van der Waals surface area contributed by atoms with Gasteiger partial charge in [-0.3, -0.25) is 28.8 Å². The second kappa shape index (κ2) is 12.4. The lowest BCUT2D eigenvalue weighted by molar-refractivity contribution is -0.140. The van der Waals surface area contributed by atoms with E-state index in [9.17, 15) is 24.6 Å². The number of anilines is 1. The molecule has 4 heterocycles. The predicted molar refractivity (Wildman–Crippen MR) is 205 cm³/mol. The van der Waals surface area contributed by atoms with E-state index < -0.39 is 40.9 Å². The van der Waals surface area contributed by atoms with Gasteiger partial charge < -0.3 is 10.2 Å². The fraction of sp³-hybridized carbons (Fsp3) is 0.310. The number of likely N-dealkylation sites (tertiary alicyclic amines) is 1. The molecule has 2 saturated heterocycles. The largest absolute Gasteiger partial charge is 0.508 e. The van der Waals surface area contributed by atoms with Gasteiger partial charge in [0.15, 0.2) is 0 Å². The lowest BCUT2D eigenvalue weighted by Crippen LogP contribution is -2.49. The van der Waals surface area contributed by atoms with Crippen LogP contribution in [0.2, 0.25) is 5.02 Å². The number of phenolic OH excluding ortho intramolecular Hbond substituents is 2. The highest BCUT2D eigenvalue weighted by Gasteiger charge is 2.68. The molecule has 0 radical (unpaired) electrons. The van der Waals surface area contributed by atoms with Crippen LogP contribution in [0, 0.1) is 36.0 Å². The Balaban J connectivity index is 1.10. The summed E-state index contributed by atoms with van der Waals surface area (Å²) >= 11 is 7.87. The molecule has 3 aromatic carbocycles. The molecular formula is C42H37ClN4O6S. The number of nitrogens with zero attached hydrogens (tertiary/aromatic N) is 4. The van der Waals surface area contributed by atoms with Crippen molar-refractivity contribution in [3.8, 4) is 22.1 Å². The second-order valence-corrected chi connectivity index (χ2v) is 16.7. The number of carbonyl (C=O) groups excluding carboxylic acids is 4. The summed E-state index contributed by atoms with van der Waals surface area (Å²) in [6, 6.07) is 21.1. The van der Waals surface area contributed by atoms with Gasteiger partial charge in [0, 0.05) is 40.9 Å². The van der Waals surface area contributed by atoms with Gasteiger partial charge in [0.2, 0.25) is 23.6 Å². The SMILES string of the molecule is Cc1c(-c2cc(N3C(=O)[C@@H]4C[C@@H]5C(=CC[C@@H]6C(=O)N(CCc7ccc(O)cc7)C(=O)[C@@H]65)[C@H](c5ccccc5O)[C@]4(C)C3=O)n(C)n2)sc2ccc(Cl)cc12. The van der Waals surface area contributed by atoms with E-state index in [1.165, 1.54) is 9.80 Å². The Morgan fingerprint density at radius 2 is 1.70 bits per heavy atom. The van der Waals surface area contributed by atoms with Crippen LogP contribution in [-0.4, -0.2) is 55.1 Å². The quantitative estimate of drug-likeness (QED) is 0.139. The molecule has 6 atom stereocenters. The van der Waals surface area contributed by atoms with Crippen LogP contribution in [0.4, 0.5) is 5.82 Å². The molecule has 0 bridgehead atoms. The summed E-state index contributed by atoms with van der Waals surface area (Å²) < 4.78 is 2.61. The monoisotopic (exact) mass is 760 g/mol. The third kappa shape index (κ3) is 4.94. The Kier molecular flexibility index (Phi) is 7.92. The van der Waals surface area contributed by atoms with Crippen LogP contribution in [0.3, 0.4) is 0 Å². The first-order chi connectivity index (χ1) is 25.9. The zero-order valence-corrected chi connectivity index (χ0v) is 31.4. The Morgan fingerprint density at radius 3 is 2.46 bits per heavy atom. The predicted octanol–water partition coefficient (Wildman–Crippen LogP) is 7.15. The van der Waals surface area contributed by atoms with Gasteiger partial charge in [-0.2, -0.15) is 5.10 Å². The van der Waals surface area contributed by atoms with Crippen molar-refractivity contribution in [1.82, 2.24) is 14.7 Å². The summed E-state index contributed by atoms with van der Waals surface area (Å²) in [5, 5.41) is 27.4. The molecule has 54 heavy (non-hydrogen) atoms. The molecule has 2 aromatic heterocycles. The average molecular weight is 761 g/mol. The summed E-state index contributed by atoms with van der Waals surface area (Å²) in [7, 11) is 1.71. The first-order valence-electron chi connectivity index (χ1n) is 18.1. The molecule has 2 aliphatic carbocycles. The van der Waals surface area contributed by atoms with E-state index in [0.717, 1.165) is 31.7 Å². The fourth-order valence-electron chi connectivity index (χ4n) is 9.71. The highest BCUT2D eigenvalue weighted by atomic mass is 35.5. The number of imide groups is 2. The number of aromatic hydroxyl groups is 2. The number of allylic oxidation sites excluding steroid dienone is 2. The van der Waals surface area contributed by atoms with Crippen molar-refractivity contribution in [2.75, 3.05) is 11.4 Å². The van der Waals surface area contributed by atoms with Gasteiger partial charge in [0.1, 0.15) is 23.0 Å². The topological polar surface area (TPSA) is 133 Å². The van der Waals surface area contributed by atoms with Gasteiger partial charge in [-0.05, 0) is 91.9 Å². The van der Waals surface area contributed by atoms with Crippen molar-refractivity contribution in [3.05, 3.63) is 106 Å². The number of benzene rings is 3. The lowest BCUT2D eigenvalue weighted by atomic mass is 9.51. The molecule has 4 aliphatic rings. The van der Waals surface area contributed by atoms with E-state index in [2.05, 4.69) is 0 Å². The van der Waals surface area contributed by atoms with Crippen molar-refractivity contribution in [2.24, 2.45) is 36.1 Å². The van der Waals surface area contributed by atoms with Crippen molar-refractivity contribution >= 4 is 62.5 Å². The third-order valence-corrected chi connectivity index (χ3v) is 13.9. The van der Waals surface area contributed by atoms with E-state index in [1.807, 2.05) is 31.2 Å². The summed E-state index contributed by atoms with van der Waals surface area (Å²) in [5.74, 6) is -4.15. The van der Waals surface area contributed by atoms with Gasteiger partial charge in [0.25, 0.3) is 0 Å². The molecule has 0 spiro atoms. The van der Waals surface area contributed by atoms with E-state index in [0.29, 0.717) is 34.9 Å². The standard InChI is InChI=1S/C42H37ClN4O6S/c1-21-28-18-23(43)10-15-33(28)54-37(21)31-20-34(45(3)44-31)47-39(51)30-19-29-25(36(42(30,2)41(47)53)26-6-4-5-7-32(26)49)13-14-27-35(29)40(52)46(38(27)50)17-16-22-8-11-24(48)12-9-22/h4-13,15,18,20,27,29-30,35-36,48-49H,14,16-17,19H2,1-3H3/t27-,29+,30-,35-,36+,42+/m0/s1. The fourth-order valence-corrected chi connectivity index (χ4v) is 11.0. The van der Waals surface area contributed by atoms with Gasteiger partial charge in [-0.15, -0.1) is 11.3 Å². The highest BCUT2D eigenvalue weighted by molar-refractivity contribution is 7.22. The van der Waals surface area contributed by atoms with Gasteiger partial charge in [-0.25, -0.2) is 4.90 Å². The Bertz CT molecular complexity index is 2470. The molecule has 4 amide bonds. The maximum Gasteiger partial charge on any atom is 0.242 e. The van der Waals surface area contributed by atoms with Crippen LogP contribution >= 0.6 is 22.9 Å². The number of phenols is 2. The third-order valence-electron chi connectivity index (χ3n) is 12.4. The zero-order valence-electron chi connectivity index (χ0n) is 29.8. The van der Waals surface area contributed by atoms with E-state index in [4.69, 9.17) is 16.7 Å². The average Bonchev–Trinajstić information content (AvgIpc) is 3.82. The minimum absolute atomic E-state index is 0.00245. The molecule has 1 saturated carbocycles. The number of carbonyl (C=O) groups is 4. The van der Waals surface area contributed by atoms with Crippen molar-refractivity contribution in [1.29, 1.82) is 0 Å². The summed E-state index contributed by atoms with van der Waals surface area (Å²) in [4.78, 5) is 61.5. The molecule has 5 aromatic rings. The molecule has 2 N–H and O–H groups in total. The molecule has 10 nitrogen and oxygen atoms in total. The van der Waals surface area contributed by atoms with Crippen LogP contribution < -0.4 is 4.90 Å². The molecule has 0 unspecified atom stereocenters. The number of halogens is 1. The first-order valence-corrected chi connectivity index (χ1v) is 19.3. The van der Waals surface area contributed by atoms with E-state index >= 15 is 4.79 Å². The van der Waals surface area contributed by atoms with Gasteiger partial charge in [-0.1, -0.05) is 53.6 Å². The number of para-hydroxylation sites is 1. The number of amides is 4. The van der Waals surface area contributed by atoms with E-state index in [-0.39, 0.29) is 42.2 Å². The number of rotatable bonds is 6. The van der Waals surface area contributed by atoms with Gasteiger partial charge in [0.05, 0.1) is 28.0 Å². The number of fused-ring (bicyclic) bond motifs is 5.